The Kier molecular flexibility index (Phi) is 6.33. The van der Waals surface area contributed by atoms with E-state index in [0.29, 0.717) is 61.1 Å². The van der Waals surface area contributed by atoms with Gasteiger partial charge in [0.25, 0.3) is 0 Å². The highest BCUT2D eigenvalue weighted by atomic mass is 19.1. The summed E-state index contributed by atoms with van der Waals surface area (Å²) in [6.45, 7) is 3.35. The summed E-state index contributed by atoms with van der Waals surface area (Å²) in [6.07, 6.45) is 2.30. The lowest BCUT2D eigenvalue weighted by molar-refractivity contribution is 0.0564. The lowest BCUT2D eigenvalue weighted by Gasteiger charge is -2.26. The zero-order valence-corrected chi connectivity index (χ0v) is 17.6. The molecule has 3 heterocycles. The number of nitrogens with zero attached hydrogens (tertiary/aromatic N) is 4. The standard InChI is InChI=1S/C20H26FN7O3/c1-27(2)4-3-7-31-17-11-15-14(10-13(17)21)23-19(24-15)18-16(12-22-26-18)25-20(29)28-5-8-30-9-6-28/h10-12H,3-9H2,1-2H3,(H,22,26)(H,23,24)(H,25,29). The number of morpholine rings is 1. The molecule has 0 saturated carbocycles. The smallest absolute Gasteiger partial charge is 0.322 e. The molecule has 0 bridgehead atoms. The largest absolute Gasteiger partial charge is 0.490 e. The Morgan fingerprint density at radius 3 is 2.94 bits per heavy atom. The Labute approximate surface area is 178 Å². The molecule has 1 aromatic carbocycles. The summed E-state index contributed by atoms with van der Waals surface area (Å²) in [5.74, 6) is 0.140. The van der Waals surface area contributed by atoms with E-state index in [9.17, 15) is 9.18 Å². The molecule has 1 aliphatic heterocycles. The molecule has 10 nitrogen and oxygen atoms in total. The number of urea groups is 1. The minimum absolute atomic E-state index is 0.162. The Balaban J connectivity index is 1.50. The molecule has 0 atom stereocenters. The molecule has 0 unspecified atom stereocenters. The summed E-state index contributed by atoms with van der Waals surface area (Å²) in [5.41, 5.74) is 2.06. The van der Waals surface area contributed by atoms with Crippen molar-refractivity contribution >= 4 is 22.8 Å². The molecule has 2 aromatic heterocycles. The number of carbonyl (C=O) groups excluding carboxylic acids is 1. The predicted octanol–water partition coefficient (Wildman–Crippen LogP) is 2.29. The summed E-state index contributed by atoms with van der Waals surface area (Å²) in [5, 5.41) is 9.71. The highest BCUT2D eigenvalue weighted by Crippen LogP contribution is 2.29. The molecule has 1 fully saturated rings. The third-order valence-electron chi connectivity index (χ3n) is 4.96. The molecule has 11 heteroatoms. The molecule has 0 aliphatic carbocycles. The number of aromatic amines is 2. The molecule has 31 heavy (non-hydrogen) atoms. The first-order chi connectivity index (χ1) is 15.0. The summed E-state index contributed by atoms with van der Waals surface area (Å²) in [4.78, 5) is 23.8. The average molecular weight is 431 g/mol. The molecular weight excluding hydrogens is 405 g/mol. The molecule has 0 spiro atoms. The number of amides is 2. The Morgan fingerprint density at radius 1 is 1.35 bits per heavy atom. The number of halogens is 1. The Bertz CT molecular complexity index is 1040. The average Bonchev–Trinajstić information content (AvgIpc) is 3.37. The van der Waals surface area contributed by atoms with Gasteiger partial charge in [-0.25, -0.2) is 14.2 Å². The zero-order chi connectivity index (χ0) is 21.8. The van der Waals surface area contributed by atoms with Gasteiger partial charge < -0.3 is 29.6 Å². The van der Waals surface area contributed by atoms with Crippen molar-refractivity contribution in [3.8, 4) is 17.3 Å². The van der Waals surface area contributed by atoms with Gasteiger partial charge in [0, 0.05) is 31.8 Å². The van der Waals surface area contributed by atoms with Crippen molar-refractivity contribution in [1.82, 2.24) is 30.0 Å². The maximum absolute atomic E-state index is 14.4. The Hall–Kier alpha value is -3.18. The van der Waals surface area contributed by atoms with Crippen molar-refractivity contribution in [1.29, 1.82) is 0 Å². The fourth-order valence-electron chi connectivity index (χ4n) is 3.33. The van der Waals surface area contributed by atoms with Crippen LogP contribution in [0.5, 0.6) is 5.75 Å². The third kappa shape index (κ3) is 4.94. The van der Waals surface area contributed by atoms with Gasteiger partial charge in [0.1, 0.15) is 5.69 Å². The van der Waals surface area contributed by atoms with Crippen molar-refractivity contribution in [2.24, 2.45) is 0 Å². The van der Waals surface area contributed by atoms with E-state index in [-0.39, 0.29) is 11.8 Å². The number of anilines is 1. The quantitative estimate of drug-likeness (QED) is 0.495. The first-order valence-electron chi connectivity index (χ1n) is 10.2. The number of benzene rings is 1. The highest BCUT2D eigenvalue weighted by molar-refractivity contribution is 5.93. The molecule has 2 amide bonds. The van der Waals surface area contributed by atoms with Gasteiger partial charge in [-0.1, -0.05) is 0 Å². The zero-order valence-electron chi connectivity index (χ0n) is 17.6. The van der Waals surface area contributed by atoms with E-state index in [1.165, 1.54) is 12.3 Å². The van der Waals surface area contributed by atoms with E-state index >= 15 is 0 Å². The van der Waals surface area contributed by atoms with Gasteiger partial charge in [0.05, 0.1) is 42.7 Å². The van der Waals surface area contributed by atoms with Crippen molar-refractivity contribution in [3.05, 3.63) is 24.1 Å². The molecule has 1 aliphatic rings. The second-order valence-corrected chi connectivity index (χ2v) is 7.58. The van der Waals surface area contributed by atoms with Crippen molar-refractivity contribution < 1.29 is 18.7 Å². The monoisotopic (exact) mass is 431 g/mol. The topological polar surface area (TPSA) is 111 Å². The number of H-pyrrole nitrogens is 2. The fraction of sp³-hybridized carbons (Fsp3) is 0.450. The highest BCUT2D eigenvalue weighted by Gasteiger charge is 2.20. The van der Waals surface area contributed by atoms with E-state index < -0.39 is 5.82 Å². The van der Waals surface area contributed by atoms with Gasteiger partial charge in [-0.3, -0.25) is 5.10 Å². The summed E-state index contributed by atoms with van der Waals surface area (Å²) in [7, 11) is 3.95. The van der Waals surface area contributed by atoms with Crippen LogP contribution in [0.4, 0.5) is 14.9 Å². The third-order valence-corrected chi connectivity index (χ3v) is 4.96. The predicted molar refractivity (Wildman–Crippen MR) is 114 cm³/mol. The van der Waals surface area contributed by atoms with E-state index in [2.05, 4.69) is 25.5 Å². The number of nitrogens with one attached hydrogen (secondary N) is 3. The second kappa shape index (κ2) is 9.31. The van der Waals surface area contributed by atoms with E-state index in [1.54, 1.807) is 11.0 Å². The number of aromatic nitrogens is 4. The van der Waals surface area contributed by atoms with Crippen LogP contribution >= 0.6 is 0 Å². The molecule has 3 aromatic rings. The van der Waals surface area contributed by atoms with Crippen molar-refractivity contribution in [3.63, 3.8) is 0 Å². The molecule has 0 radical (unpaired) electrons. The summed E-state index contributed by atoms with van der Waals surface area (Å²) in [6, 6.07) is 2.69. The minimum atomic E-state index is -0.460. The van der Waals surface area contributed by atoms with Gasteiger partial charge in [0.15, 0.2) is 17.4 Å². The van der Waals surface area contributed by atoms with Crippen molar-refractivity contribution in [2.75, 3.05) is 58.9 Å². The molecule has 3 N–H and O–H groups in total. The van der Waals surface area contributed by atoms with Gasteiger partial charge in [-0.15, -0.1) is 0 Å². The van der Waals surface area contributed by atoms with Gasteiger partial charge in [0.2, 0.25) is 0 Å². The number of imidazole rings is 1. The van der Waals surface area contributed by atoms with Crippen LogP contribution < -0.4 is 10.1 Å². The first kappa shape index (κ1) is 21.1. The molecule has 4 rings (SSSR count). The van der Waals surface area contributed by atoms with Crippen LogP contribution in [-0.4, -0.2) is 89.5 Å². The number of ether oxygens (including phenoxy) is 2. The number of carbonyl (C=O) groups is 1. The SMILES string of the molecule is CN(C)CCCOc1cc2nc(-c3[nH]ncc3NC(=O)N3CCOCC3)[nH]c2cc1F. The summed E-state index contributed by atoms with van der Waals surface area (Å²) < 4.78 is 25.3. The van der Waals surface area contributed by atoms with Crippen LogP contribution in [0.2, 0.25) is 0 Å². The number of rotatable bonds is 7. The fourth-order valence-corrected chi connectivity index (χ4v) is 3.33. The van der Waals surface area contributed by atoms with E-state index in [4.69, 9.17) is 9.47 Å². The van der Waals surface area contributed by atoms with Gasteiger partial charge in [-0.05, 0) is 20.5 Å². The first-order valence-corrected chi connectivity index (χ1v) is 10.2. The molecule has 166 valence electrons. The van der Waals surface area contributed by atoms with Crippen molar-refractivity contribution in [2.45, 2.75) is 6.42 Å². The van der Waals surface area contributed by atoms with E-state index in [1.807, 2.05) is 19.0 Å². The van der Waals surface area contributed by atoms with Crippen LogP contribution in [0.1, 0.15) is 6.42 Å². The van der Waals surface area contributed by atoms with E-state index in [0.717, 1.165) is 13.0 Å². The number of fused-ring (bicyclic) bond motifs is 1. The van der Waals surface area contributed by atoms with Gasteiger partial charge >= 0.3 is 6.03 Å². The maximum Gasteiger partial charge on any atom is 0.322 e. The lowest BCUT2D eigenvalue weighted by atomic mass is 10.3. The molecular formula is C20H26FN7O3. The maximum atomic E-state index is 14.4. The number of hydrogen-bond donors (Lipinski definition) is 3. The number of hydrogen-bond acceptors (Lipinski definition) is 6. The lowest BCUT2D eigenvalue weighted by Crippen LogP contribution is -2.43. The summed E-state index contributed by atoms with van der Waals surface area (Å²) >= 11 is 0. The van der Waals surface area contributed by atoms with Crippen LogP contribution in [0.15, 0.2) is 18.3 Å². The van der Waals surface area contributed by atoms with Crippen LogP contribution in [-0.2, 0) is 4.74 Å². The normalized spacial score (nSPS) is 14.4. The Morgan fingerprint density at radius 2 is 2.16 bits per heavy atom. The van der Waals surface area contributed by atoms with Gasteiger partial charge in [-0.2, -0.15) is 5.10 Å². The minimum Gasteiger partial charge on any atom is -0.490 e. The van der Waals surface area contributed by atoms with Crippen LogP contribution in [0.25, 0.3) is 22.6 Å². The second-order valence-electron chi connectivity index (χ2n) is 7.58. The van der Waals surface area contributed by atoms with Crippen LogP contribution in [0, 0.1) is 5.82 Å². The molecule has 1 saturated heterocycles. The van der Waals surface area contributed by atoms with Crippen LogP contribution in [0.3, 0.4) is 0 Å².